The van der Waals surface area contributed by atoms with E-state index < -0.39 is 0 Å². The number of benzene rings is 2. The van der Waals surface area contributed by atoms with Crippen LogP contribution in [0.1, 0.15) is 36.6 Å². The van der Waals surface area contributed by atoms with Crippen LogP contribution >= 0.6 is 11.8 Å². The van der Waals surface area contributed by atoms with E-state index in [0.29, 0.717) is 19.0 Å². The van der Waals surface area contributed by atoms with E-state index in [2.05, 4.69) is 11.1 Å². The molecule has 0 saturated carbocycles. The van der Waals surface area contributed by atoms with Gasteiger partial charge >= 0.3 is 0 Å². The smallest absolute Gasteiger partial charge is 0.233 e. The maximum Gasteiger partial charge on any atom is 0.233 e. The lowest BCUT2D eigenvalue weighted by atomic mass is 10.0. The molecule has 1 atom stereocenters. The molecule has 7 heteroatoms. The molecule has 0 N–H and O–H groups in total. The zero-order valence-electron chi connectivity index (χ0n) is 17.5. The van der Waals surface area contributed by atoms with Gasteiger partial charge in [0.15, 0.2) is 11.5 Å². The van der Waals surface area contributed by atoms with Crippen molar-refractivity contribution in [1.82, 2.24) is 14.9 Å². The molecule has 160 valence electrons. The molecule has 0 radical (unpaired) electrons. The van der Waals surface area contributed by atoms with Crippen LogP contribution < -0.4 is 9.47 Å². The molecular weight excluding hydrogens is 410 g/mol. The third kappa shape index (κ3) is 4.19. The zero-order valence-corrected chi connectivity index (χ0v) is 18.4. The van der Waals surface area contributed by atoms with Crippen LogP contribution in [0.15, 0.2) is 47.5 Å². The molecule has 2 aliphatic heterocycles. The molecule has 0 spiro atoms. The Labute approximate surface area is 186 Å². The molecule has 3 aromatic rings. The monoisotopic (exact) mass is 435 g/mol. The molecular formula is C24H25N3O3S. The largest absolute Gasteiger partial charge is 0.490 e. The second-order valence-corrected chi connectivity index (χ2v) is 8.86. The highest BCUT2D eigenvalue weighted by Crippen LogP contribution is 2.38. The topological polar surface area (TPSA) is 64.6 Å². The van der Waals surface area contributed by atoms with Crippen molar-refractivity contribution >= 4 is 28.7 Å². The normalized spacial score (nSPS) is 18.2. The Hall–Kier alpha value is -2.80. The van der Waals surface area contributed by atoms with Gasteiger partial charge in [0.1, 0.15) is 5.03 Å². The maximum absolute atomic E-state index is 13.1. The van der Waals surface area contributed by atoms with E-state index in [1.807, 2.05) is 48.2 Å². The quantitative estimate of drug-likeness (QED) is 0.560. The number of thioether (sulfide) groups is 1. The van der Waals surface area contributed by atoms with Gasteiger partial charge < -0.3 is 14.4 Å². The van der Waals surface area contributed by atoms with Crippen LogP contribution in [0.5, 0.6) is 11.5 Å². The Morgan fingerprint density at radius 1 is 1.06 bits per heavy atom. The van der Waals surface area contributed by atoms with Crippen LogP contribution in [0.25, 0.3) is 11.0 Å². The summed E-state index contributed by atoms with van der Waals surface area (Å²) in [4.78, 5) is 24.5. The van der Waals surface area contributed by atoms with Gasteiger partial charge in [0, 0.05) is 13.0 Å². The molecule has 3 heterocycles. The molecule has 31 heavy (non-hydrogen) atoms. The van der Waals surface area contributed by atoms with Crippen molar-refractivity contribution in [2.45, 2.75) is 37.3 Å². The van der Waals surface area contributed by atoms with E-state index in [9.17, 15) is 4.79 Å². The molecule has 5 rings (SSSR count). The SMILES string of the molecule is Cc1nc2ccccc2nc1SCC(=O)N1CCCC1c1ccc2c(c1)OCCCO2. The van der Waals surface area contributed by atoms with Crippen LogP contribution in [0.3, 0.4) is 0 Å². The fraction of sp³-hybridized carbons (Fsp3) is 0.375. The number of aromatic nitrogens is 2. The van der Waals surface area contributed by atoms with Gasteiger partial charge in [0.2, 0.25) is 5.91 Å². The minimum Gasteiger partial charge on any atom is -0.490 e. The van der Waals surface area contributed by atoms with Gasteiger partial charge in [-0.05, 0) is 49.6 Å². The highest BCUT2D eigenvalue weighted by molar-refractivity contribution is 7.99. The molecule has 1 saturated heterocycles. The van der Waals surface area contributed by atoms with Gasteiger partial charge in [-0.3, -0.25) is 4.79 Å². The predicted octanol–water partition coefficient (Wildman–Crippen LogP) is 4.56. The second kappa shape index (κ2) is 8.75. The van der Waals surface area contributed by atoms with Gasteiger partial charge in [-0.2, -0.15) is 0 Å². The first-order chi connectivity index (χ1) is 15.2. The van der Waals surface area contributed by atoms with E-state index in [1.165, 1.54) is 11.8 Å². The number of hydrogen-bond acceptors (Lipinski definition) is 6. The van der Waals surface area contributed by atoms with Crippen LogP contribution in [0, 0.1) is 6.92 Å². The summed E-state index contributed by atoms with van der Waals surface area (Å²) in [5.41, 5.74) is 3.71. The number of likely N-dealkylation sites (tertiary alicyclic amines) is 1. The number of aryl methyl sites for hydroxylation is 1. The number of para-hydroxylation sites is 2. The first kappa shape index (κ1) is 20.1. The van der Waals surface area contributed by atoms with E-state index >= 15 is 0 Å². The van der Waals surface area contributed by atoms with E-state index in [-0.39, 0.29) is 11.9 Å². The Kier molecular flexibility index (Phi) is 5.68. The molecule has 1 amide bonds. The van der Waals surface area contributed by atoms with E-state index in [0.717, 1.165) is 64.6 Å². The van der Waals surface area contributed by atoms with Crippen LogP contribution in [0.2, 0.25) is 0 Å². The summed E-state index contributed by atoms with van der Waals surface area (Å²) in [6, 6.07) is 14.0. The summed E-state index contributed by atoms with van der Waals surface area (Å²) in [5, 5.41) is 0.818. The van der Waals surface area contributed by atoms with Crippen molar-refractivity contribution < 1.29 is 14.3 Å². The molecule has 2 aliphatic rings. The minimum atomic E-state index is 0.0778. The number of carbonyl (C=O) groups is 1. The van der Waals surface area contributed by atoms with Gasteiger partial charge in [-0.1, -0.05) is 30.0 Å². The van der Waals surface area contributed by atoms with E-state index in [4.69, 9.17) is 14.5 Å². The summed E-state index contributed by atoms with van der Waals surface area (Å²) in [6.07, 6.45) is 2.85. The van der Waals surface area contributed by atoms with Crippen LogP contribution in [-0.2, 0) is 4.79 Å². The highest BCUT2D eigenvalue weighted by atomic mass is 32.2. The first-order valence-electron chi connectivity index (χ1n) is 10.7. The average Bonchev–Trinajstić information content (AvgIpc) is 3.16. The number of hydrogen-bond donors (Lipinski definition) is 0. The van der Waals surface area contributed by atoms with Crippen LogP contribution in [-0.4, -0.2) is 46.3 Å². The fourth-order valence-electron chi connectivity index (χ4n) is 4.22. The van der Waals surface area contributed by atoms with Crippen molar-refractivity contribution in [3.63, 3.8) is 0 Å². The summed E-state index contributed by atoms with van der Waals surface area (Å²) in [6.45, 7) is 4.06. The number of nitrogens with zero attached hydrogens (tertiary/aromatic N) is 3. The van der Waals surface area contributed by atoms with Crippen molar-refractivity contribution in [3.8, 4) is 11.5 Å². The van der Waals surface area contributed by atoms with E-state index in [1.54, 1.807) is 0 Å². The Balaban J connectivity index is 1.30. The average molecular weight is 436 g/mol. The third-order valence-electron chi connectivity index (χ3n) is 5.76. The minimum absolute atomic E-state index is 0.0778. The summed E-state index contributed by atoms with van der Waals surface area (Å²) in [7, 11) is 0. The molecule has 1 fully saturated rings. The van der Waals surface area contributed by atoms with Gasteiger partial charge in [0.25, 0.3) is 0 Å². The number of fused-ring (bicyclic) bond motifs is 2. The summed E-state index contributed by atoms with van der Waals surface area (Å²) in [5.74, 6) is 2.06. The van der Waals surface area contributed by atoms with Crippen molar-refractivity contribution in [2.24, 2.45) is 0 Å². The number of carbonyl (C=O) groups excluding carboxylic acids is 1. The number of rotatable bonds is 4. The fourth-order valence-corrected chi connectivity index (χ4v) is 5.06. The van der Waals surface area contributed by atoms with Gasteiger partial charge in [0.05, 0.1) is 41.7 Å². The van der Waals surface area contributed by atoms with Crippen molar-refractivity contribution in [3.05, 3.63) is 53.7 Å². The second-order valence-electron chi connectivity index (χ2n) is 7.89. The third-order valence-corrected chi connectivity index (χ3v) is 6.81. The Morgan fingerprint density at radius 2 is 1.84 bits per heavy atom. The Morgan fingerprint density at radius 3 is 2.68 bits per heavy atom. The molecule has 0 aliphatic carbocycles. The number of ether oxygens (including phenoxy) is 2. The standard InChI is InChI=1S/C24H25N3O3S/c1-16-24(26-19-7-3-2-6-18(19)25-16)31-15-23(28)27-11-4-8-20(27)17-9-10-21-22(14-17)30-13-5-12-29-21/h2-3,6-7,9-10,14,20H,4-5,8,11-13,15H2,1H3. The number of amides is 1. The molecule has 0 bridgehead atoms. The van der Waals surface area contributed by atoms with Crippen molar-refractivity contribution in [1.29, 1.82) is 0 Å². The van der Waals surface area contributed by atoms with Gasteiger partial charge in [-0.15, -0.1) is 0 Å². The zero-order chi connectivity index (χ0) is 21.2. The molecule has 1 aromatic heterocycles. The first-order valence-corrected chi connectivity index (χ1v) is 11.7. The van der Waals surface area contributed by atoms with Crippen LogP contribution in [0.4, 0.5) is 0 Å². The van der Waals surface area contributed by atoms with Crippen molar-refractivity contribution in [2.75, 3.05) is 25.5 Å². The molecule has 6 nitrogen and oxygen atoms in total. The lowest BCUT2D eigenvalue weighted by Gasteiger charge is -2.25. The summed E-state index contributed by atoms with van der Waals surface area (Å²) >= 11 is 1.47. The lowest BCUT2D eigenvalue weighted by Crippen LogP contribution is -2.32. The summed E-state index contributed by atoms with van der Waals surface area (Å²) < 4.78 is 11.6. The van der Waals surface area contributed by atoms with Gasteiger partial charge in [-0.25, -0.2) is 9.97 Å². The lowest BCUT2D eigenvalue weighted by molar-refractivity contribution is -0.129. The maximum atomic E-state index is 13.1. The predicted molar refractivity (Wildman–Crippen MR) is 121 cm³/mol. The molecule has 2 aromatic carbocycles. The highest BCUT2D eigenvalue weighted by Gasteiger charge is 2.31. The molecule has 1 unspecified atom stereocenters. The Bertz CT molecular complexity index is 1120.